The molecule has 2 unspecified atom stereocenters. The molecule has 0 bridgehead atoms. The summed E-state index contributed by atoms with van der Waals surface area (Å²) >= 11 is 0. The Kier molecular flexibility index (Phi) is 6.54. The van der Waals surface area contributed by atoms with Gasteiger partial charge < -0.3 is 4.74 Å². The van der Waals surface area contributed by atoms with Crippen LogP contribution in [0.15, 0.2) is 24.3 Å². The van der Waals surface area contributed by atoms with Crippen LogP contribution in [-0.2, 0) is 6.42 Å². The van der Waals surface area contributed by atoms with Gasteiger partial charge in [0.25, 0.3) is 0 Å². The lowest BCUT2D eigenvalue weighted by atomic mass is 9.96. The monoisotopic (exact) mass is 274 g/mol. The molecule has 1 N–H and O–H groups in total. The molecule has 110 valence electrons. The first kappa shape index (κ1) is 16.5. The van der Waals surface area contributed by atoms with Crippen molar-refractivity contribution < 1.29 is 4.74 Å². The third kappa shape index (κ3) is 4.86. The number of hydrogen-bond acceptors (Lipinski definition) is 3. The van der Waals surface area contributed by atoms with E-state index < -0.39 is 5.54 Å². The molecule has 3 nitrogen and oxygen atoms in total. The van der Waals surface area contributed by atoms with Crippen molar-refractivity contribution in [2.24, 2.45) is 0 Å². The van der Waals surface area contributed by atoms with E-state index in [1.165, 1.54) is 5.56 Å². The van der Waals surface area contributed by atoms with E-state index in [0.29, 0.717) is 6.42 Å². The molecule has 0 aliphatic carbocycles. The third-order valence-corrected chi connectivity index (χ3v) is 3.39. The summed E-state index contributed by atoms with van der Waals surface area (Å²) in [6.45, 7) is 9.03. The number of para-hydroxylation sites is 1. The molecule has 1 aromatic carbocycles. The van der Waals surface area contributed by atoms with E-state index in [-0.39, 0.29) is 6.10 Å². The van der Waals surface area contributed by atoms with E-state index in [9.17, 15) is 5.26 Å². The summed E-state index contributed by atoms with van der Waals surface area (Å²) in [5, 5.41) is 12.7. The molecule has 1 rings (SSSR count). The highest BCUT2D eigenvalue weighted by atomic mass is 16.5. The SMILES string of the molecule is CCCNC(C)(C#N)CC(C)Oc1ccccc1CC. The highest BCUT2D eigenvalue weighted by Gasteiger charge is 2.26. The van der Waals surface area contributed by atoms with E-state index in [1.807, 2.05) is 32.0 Å². The molecule has 0 saturated carbocycles. The summed E-state index contributed by atoms with van der Waals surface area (Å²) in [5.74, 6) is 0.929. The highest BCUT2D eigenvalue weighted by molar-refractivity contribution is 5.33. The lowest BCUT2D eigenvalue weighted by molar-refractivity contribution is 0.178. The van der Waals surface area contributed by atoms with Gasteiger partial charge in [-0.2, -0.15) is 5.26 Å². The zero-order valence-electron chi connectivity index (χ0n) is 13.1. The fraction of sp³-hybridized carbons (Fsp3) is 0.588. The summed E-state index contributed by atoms with van der Waals surface area (Å²) in [5.41, 5.74) is 0.677. The molecule has 0 heterocycles. The van der Waals surface area contributed by atoms with Crippen molar-refractivity contribution in [3.8, 4) is 11.8 Å². The summed E-state index contributed by atoms with van der Waals surface area (Å²) in [6.07, 6.45) is 2.64. The van der Waals surface area contributed by atoms with Crippen LogP contribution in [0.3, 0.4) is 0 Å². The molecule has 3 heteroatoms. The van der Waals surface area contributed by atoms with E-state index >= 15 is 0 Å². The number of nitrogens with zero attached hydrogens (tertiary/aromatic N) is 1. The Bertz CT molecular complexity index is 453. The Morgan fingerprint density at radius 1 is 1.35 bits per heavy atom. The molecule has 0 aliphatic heterocycles. The van der Waals surface area contributed by atoms with Gasteiger partial charge in [0.15, 0.2) is 0 Å². The van der Waals surface area contributed by atoms with Crippen molar-refractivity contribution in [3.63, 3.8) is 0 Å². The first-order chi connectivity index (χ1) is 9.54. The Morgan fingerprint density at radius 3 is 2.65 bits per heavy atom. The number of nitriles is 1. The minimum Gasteiger partial charge on any atom is -0.490 e. The second-order valence-electron chi connectivity index (χ2n) is 5.46. The molecule has 1 aromatic rings. The average Bonchev–Trinajstić information content (AvgIpc) is 2.45. The van der Waals surface area contributed by atoms with Crippen molar-refractivity contribution >= 4 is 0 Å². The fourth-order valence-electron chi connectivity index (χ4n) is 2.30. The number of ether oxygens (including phenoxy) is 1. The zero-order valence-corrected chi connectivity index (χ0v) is 13.1. The molecular weight excluding hydrogens is 248 g/mol. The third-order valence-electron chi connectivity index (χ3n) is 3.39. The van der Waals surface area contributed by atoms with Crippen LogP contribution in [0.2, 0.25) is 0 Å². The molecular formula is C17H26N2O. The standard InChI is InChI=1S/C17H26N2O/c1-5-11-19-17(4,13-18)12-14(3)20-16-10-8-7-9-15(16)6-2/h7-10,14,19H,5-6,11-12H2,1-4H3. The van der Waals surface area contributed by atoms with E-state index in [2.05, 4.69) is 31.3 Å². The predicted molar refractivity (Wildman–Crippen MR) is 82.8 cm³/mol. The van der Waals surface area contributed by atoms with Crippen molar-refractivity contribution in [2.45, 2.75) is 58.6 Å². The van der Waals surface area contributed by atoms with Gasteiger partial charge in [0.1, 0.15) is 11.3 Å². The fourth-order valence-corrected chi connectivity index (χ4v) is 2.30. The Labute approximate surface area is 123 Å². The maximum Gasteiger partial charge on any atom is 0.122 e. The van der Waals surface area contributed by atoms with Gasteiger partial charge in [0.2, 0.25) is 0 Å². The van der Waals surface area contributed by atoms with Gasteiger partial charge in [0, 0.05) is 6.42 Å². The quantitative estimate of drug-likeness (QED) is 0.786. The van der Waals surface area contributed by atoms with E-state index in [1.54, 1.807) is 0 Å². The van der Waals surface area contributed by atoms with Gasteiger partial charge in [-0.25, -0.2) is 0 Å². The molecule has 0 spiro atoms. The van der Waals surface area contributed by atoms with Crippen LogP contribution in [0.1, 0.15) is 46.1 Å². The van der Waals surface area contributed by atoms with Gasteiger partial charge >= 0.3 is 0 Å². The molecule has 0 radical (unpaired) electrons. The minimum atomic E-state index is -0.531. The summed E-state index contributed by atoms with van der Waals surface area (Å²) < 4.78 is 6.02. The number of aryl methyl sites for hydroxylation is 1. The number of rotatable bonds is 8. The average molecular weight is 274 g/mol. The first-order valence-electron chi connectivity index (χ1n) is 7.45. The van der Waals surface area contributed by atoms with Crippen molar-refractivity contribution in [1.29, 1.82) is 5.26 Å². The maximum absolute atomic E-state index is 9.36. The molecule has 2 atom stereocenters. The van der Waals surface area contributed by atoms with Crippen LogP contribution in [0.25, 0.3) is 0 Å². The van der Waals surface area contributed by atoms with Crippen LogP contribution in [0.5, 0.6) is 5.75 Å². The zero-order chi connectivity index (χ0) is 15.0. The summed E-state index contributed by atoms with van der Waals surface area (Å²) in [7, 11) is 0. The number of nitrogens with one attached hydrogen (secondary N) is 1. The van der Waals surface area contributed by atoms with Crippen molar-refractivity contribution in [2.75, 3.05) is 6.54 Å². The lowest BCUT2D eigenvalue weighted by Gasteiger charge is -2.27. The molecule has 0 fully saturated rings. The van der Waals surface area contributed by atoms with E-state index in [0.717, 1.165) is 25.1 Å². The largest absolute Gasteiger partial charge is 0.490 e. The number of hydrogen-bond donors (Lipinski definition) is 1. The molecule has 0 saturated heterocycles. The molecule has 0 aromatic heterocycles. The second-order valence-corrected chi connectivity index (χ2v) is 5.46. The summed E-state index contributed by atoms with van der Waals surface area (Å²) in [4.78, 5) is 0. The Balaban J connectivity index is 2.66. The highest BCUT2D eigenvalue weighted by Crippen LogP contribution is 2.22. The topological polar surface area (TPSA) is 45.0 Å². The van der Waals surface area contributed by atoms with Gasteiger partial charge in [-0.3, -0.25) is 5.32 Å². The predicted octanol–water partition coefficient (Wildman–Crippen LogP) is 3.69. The van der Waals surface area contributed by atoms with Crippen LogP contribution < -0.4 is 10.1 Å². The van der Waals surface area contributed by atoms with Crippen LogP contribution in [-0.4, -0.2) is 18.2 Å². The lowest BCUT2D eigenvalue weighted by Crippen LogP contribution is -2.44. The summed E-state index contributed by atoms with van der Waals surface area (Å²) in [6, 6.07) is 10.5. The second kappa shape index (κ2) is 7.91. The molecule has 0 aliphatic rings. The molecule has 0 amide bonds. The van der Waals surface area contributed by atoms with Gasteiger partial charge in [0.05, 0.1) is 12.2 Å². The van der Waals surface area contributed by atoms with Crippen LogP contribution >= 0.6 is 0 Å². The Morgan fingerprint density at radius 2 is 2.05 bits per heavy atom. The maximum atomic E-state index is 9.36. The Hall–Kier alpha value is -1.53. The first-order valence-corrected chi connectivity index (χ1v) is 7.45. The van der Waals surface area contributed by atoms with Gasteiger partial charge in [-0.05, 0) is 44.9 Å². The number of benzene rings is 1. The van der Waals surface area contributed by atoms with Crippen molar-refractivity contribution in [1.82, 2.24) is 5.32 Å². The van der Waals surface area contributed by atoms with E-state index in [4.69, 9.17) is 4.74 Å². The normalized spacial score (nSPS) is 15.2. The smallest absolute Gasteiger partial charge is 0.122 e. The minimum absolute atomic E-state index is 0.00305. The van der Waals surface area contributed by atoms with Crippen LogP contribution in [0.4, 0.5) is 0 Å². The van der Waals surface area contributed by atoms with Gasteiger partial charge in [-0.15, -0.1) is 0 Å². The van der Waals surface area contributed by atoms with Gasteiger partial charge in [-0.1, -0.05) is 32.0 Å². The van der Waals surface area contributed by atoms with Crippen LogP contribution in [0, 0.1) is 11.3 Å². The molecule has 20 heavy (non-hydrogen) atoms. The van der Waals surface area contributed by atoms with Crippen molar-refractivity contribution in [3.05, 3.63) is 29.8 Å².